The Morgan fingerprint density at radius 3 is 1.00 bits per heavy atom. The van der Waals surface area contributed by atoms with E-state index in [0.29, 0.717) is 39.3 Å². The van der Waals surface area contributed by atoms with Crippen LogP contribution >= 0.6 is 46.0 Å². The first-order chi connectivity index (χ1) is 19.2. The van der Waals surface area contributed by atoms with E-state index in [9.17, 15) is 19.2 Å². The molecule has 0 amide bonds. The lowest BCUT2D eigenvalue weighted by Gasteiger charge is -2.30. The topological polar surface area (TPSA) is 137 Å². The Hall–Kier alpha value is -0.900. The van der Waals surface area contributed by atoms with Crippen molar-refractivity contribution in [3.8, 4) is 0 Å². The Morgan fingerprint density at radius 1 is 0.475 bits per heavy atom. The summed E-state index contributed by atoms with van der Waals surface area (Å²) >= 11 is 2.97. The number of likely N-dealkylation sites (N-methyl/N-ethyl adjacent to an activating group) is 2. The van der Waals surface area contributed by atoms with Gasteiger partial charge >= 0.3 is 23.9 Å². The Kier molecular flexibility index (Phi) is 25.2. The lowest BCUT2D eigenvalue weighted by molar-refractivity contribution is -0.196. The van der Waals surface area contributed by atoms with Crippen LogP contribution < -0.4 is 0 Å². The number of ether oxygens (including phenoxy) is 2. The third-order valence-electron chi connectivity index (χ3n) is 6.32. The molecular formula is C24H44I2N4O10. The van der Waals surface area contributed by atoms with E-state index in [-0.39, 0.29) is 37.6 Å². The molecule has 234 valence electrons. The fraction of sp³-hybridized carbons (Fsp3) is 0.833. The first kappa shape index (κ1) is 39.1. The molecule has 0 fully saturated rings. The van der Waals surface area contributed by atoms with Gasteiger partial charge in [0.05, 0.1) is 39.9 Å². The summed E-state index contributed by atoms with van der Waals surface area (Å²) in [5.74, 6) is -1.55. The molecule has 0 aromatic heterocycles. The zero-order chi connectivity index (χ0) is 30.2. The summed E-state index contributed by atoms with van der Waals surface area (Å²) in [7, 11) is 2.73. The fourth-order valence-corrected chi connectivity index (χ4v) is 4.13. The fourth-order valence-electron chi connectivity index (χ4n) is 3.73. The highest BCUT2D eigenvalue weighted by Crippen LogP contribution is 2.03. The molecule has 0 aromatic carbocycles. The van der Waals surface area contributed by atoms with E-state index in [0.717, 1.165) is 39.3 Å². The summed E-state index contributed by atoms with van der Waals surface area (Å²) in [5, 5.41) is 0. The molecule has 0 bridgehead atoms. The number of carbonyl (C=O) groups excluding carboxylic acids is 4. The Morgan fingerprint density at radius 2 is 0.750 bits per heavy atom. The molecule has 0 N–H and O–H groups in total. The first-order valence-electron chi connectivity index (χ1n) is 13.2. The molecule has 0 saturated carbocycles. The van der Waals surface area contributed by atoms with Crippen LogP contribution in [-0.2, 0) is 44.9 Å². The SMILES string of the molecule is CCN(CCN(CC)CCN(CCC(=O)OOI)CCC(=O)OOI)CCN(CCC(=O)OC)CCC(=O)OC. The van der Waals surface area contributed by atoms with Gasteiger partial charge in [-0.1, -0.05) is 13.8 Å². The predicted octanol–water partition coefficient (Wildman–Crippen LogP) is 1.79. The maximum Gasteiger partial charge on any atom is 0.344 e. The zero-order valence-corrected chi connectivity index (χ0v) is 28.3. The maximum absolute atomic E-state index is 11.7. The minimum absolute atomic E-state index is 0.124. The molecule has 0 heterocycles. The number of rotatable bonds is 25. The summed E-state index contributed by atoms with van der Waals surface area (Å²) in [6, 6.07) is 0. The number of esters is 2. The summed E-state index contributed by atoms with van der Waals surface area (Å²) in [5.41, 5.74) is 0. The predicted molar refractivity (Wildman–Crippen MR) is 162 cm³/mol. The molecule has 0 aliphatic carbocycles. The monoisotopic (exact) mass is 802 g/mol. The second-order valence-electron chi connectivity index (χ2n) is 8.74. The van der Waals surface area contributed by atoms with Gasteiger partial charge in [-0.25, -0.2) is 9.59 Å². The molecular weight excluding hydrogens is 758 g/mol. The van der Waals surface area contributed by atoms with Crippen molar-refractivity contribution in [3.05, 3.63) is 0 Å². The molecule has 0 aliphatic rings. The smallest absolute Gasteiger partial charge is 0.344 e. The summed E-state index contributed by atoms with van der Waals surface area (Å²) in [6.45, 7) is 12.3. The highest BCUT2D eigenvalue weighted by atomic mass is 127. The zero-order valence-electron chi connectivity index (χ0n) is 23.9. The standard InChI is InChI=1S/C24H44I2N4O10/c1-5-27(17-19-29(11-7-21(31)35-3)12-8-22(32)36-4)15-16-28(6-2)18-20-30(13-9-23(33)37-39-25)14-10-24(34)38-40-26/h5-20H2,1-4H3. The highest BCUT2D eigenvalue weighted by Gasteiger charge is 2.16. The van der Waals surface area contributed by atoms with Crippen LogP contribution in [0.5, 0.6) is 0 Å². The Bertz CT molecular complexity index is 681. The maximum atomic E-state index is 11.7. The van der Waals surface area contributed by atoms with Crippen molar-refractivity contribution >= 4 is 69.9 Å². The normalized spacial score (nSPS) is 11.3. The van der Waals surface area contributed by atoms with E-state index in [2.05, 4.69) is 44.8 Å². The van der Waals surface area contributed by atoms with Crippen LogP contribution in [0.15, 0.2) is 0 Å². The van der Waals surface area contributed by atoms with Crippen LogP contribution in [0.3, 0.4) is 0 Å². The van der Waals surface area contributed by atoms with E-state index >= 15 is 0 Å². The van der Waals surface area contributed by atoms with Crippen molar-refractivity contribution in [3.63, 3.8) is 0 Å². The minimum atomic E-state index is -0.490. The van der Waals surface area contributed by atoms with Crippen molar-refractivity contribution in [1.29, 1.82) is 0 Å². The van der Waals surface area contributed by atoms with Gasteiger partial charge in [0.15, 0.2) is 46.0 Å². The average molecular weight is 802 g/mol. The molecule has 0 aliphatic heterocycles. The third kappa shape index (κ3) is 20.9. The van der Waals surface area contributed by atoms with Crippen molar-refractivity contribution < 1.29 is 44.9 Å². The van der Waals surface area contributed by atoms with Gasteiger partial charge in [0, 0.05) is 65.4 Å². The first-order valence-corrected chi connectivity index (χ1v) is 15.0. The van der Waals surface area contributed by atoms with Gasteiger partial charge in [-0.05, 0) is 13.1 Å². The number of nitrogens with zero attached hydrogens (tertiary/aromatic N) is 4. The number of hydrogen-bond acceptors (Lipinski definition) is 14. The van der Waals surface area contributed by atoms with Crippen LogP contribution in [0.2, 0.25) is 0 Å². The number of hydrogen-bond donors (Lipinski definition) is 0. The molecule has 0 saturated heterocycles. The van der Waals surface area contributed by atoms with Crippen molar-refractivity contribution in [2.45, 2.75) is 39.5 Å². The second-order valence-corrected chi connectivity index (χ2v) is 9.46. The molecule has 0 aromatic rings. The molecule has 0 rings (SSSR count). The van der Waals surface area contributed by atoms with E-state index in [1.807, 2.05) is 4.90 Å². The molecule has 16 heteroatoms. The summed E-state index contributed by atoms with van der Waals surface area (Å²) < 4.78 is 18.3. The quantitative estimate of drug-likeness (QED) is 0.0575. The van der Waals surface area contributed by atoms with Crippen LogP contribution in [0.4, 0.5) is 0 Å². The molecule has 0 spiro atoms. The van der Waals surface area contributed by atoms with Crippen molar-refractivity contribution in [1.82, 2.24) is 19.6 Å². The van der Waals surface area contributed by atoms with E-state index < -0.39 is 11.9 Å². The highest BCUT2D eigenvalue weighted by molar-refractivity contribution is 14.1. The Balaban J connectivity index is 4.87. The van der Waals surface area contributed by atoms with Gasteiger partial charge in [-0.2, -0.15) is 0 Å². The van der Waals surface area contributed by atoms with Crippen LogP contribution in [0.1, 0.15) is 39.5 Å². The van der Waals surface area contributed by atoms with Crippen LogP contribution in [-0.4, -0.2) is 136 Å². The molecule has 14 nitrogen and oxygen atoms in total. The lowest BCUT2D eigenvalue weighted by atomic mass is 10.3. The summed E-state index contributed by atoms with van der Waals surface area (Å²) in [6.07, 6.45) is 0.767. The van der Waals surface area contributed by atoms with Crippen LogP contribution in [0, 0.1) is 0 Å². The minimum Gasteiger partial charge on any atom is -0.469 e. The van der Waals surface area contributed by atoms with E-state index in [1.54, 1.807) is 0 Å². The molecule has 40 heavy (non-hydrogen) atoms. The average Bonchev–Trinajstić information content (AvgIpc) is 2.95. The molecule has 0 unspecified atom stereocenters. The van der Waals surface area contributed by atoms with E-state index in [4.69, 9.17) is 9.47 Å². The van der Waals surface area contributed by atoms with Gasteiger partial charge in [0.25, 0.3) is 0 Å². The lowest BCUT2D eigenvalue weighted by Crippen LogP contribution is -2.43. The van der Waals surface area contributed by atoms with Gasteiger partial charge in [0.1, 0.15) is 0 Å². The van der Waals surface area contributed by atoms with Gasteiger partial charge in [0.2, 0.25) is 0 Å². The number of methoxy groups -OCH3 is 2. The second kappa shape index (κ2) is 25.8. The Labute approximate surface area is 265 Å². The van der Waals surface area contributed by atoms with Gasteiger partial charge < -0.3 is 29.1 Å². The molecule has 0 radical (unpaired) electrons. The number of carbonyl (C=O) groups is 4. The largest absolute Gasteiger partial charge is 0.469 e. The van der Waals surface area contributed by atoms with Crippen LogP contribution in [0.25, 0.3) is 0 Å². The molecule has 0 atom stereocenters. The van der Waals surface area contributed by atoms with Crippen molar-refractivity contribution in [2.75, 3.05) is 92.8 Å². The van der Waals surface area contributed by atoms with Crippen molar-refractivity contribution in [2.24, 2.45) is 0 Å². The number of halogens is 2. The summed E-state index contributed by atoms with van der Waals surface area (Å²) in [4.78, 5) is 64.4. The van der Waals surface area contributed by atoms with Gasteiger partial charge in [-0.3, -0.25) is 19.4 Å². The third-order valence-corrected chi connectivity index (χ3v) is 6.68. The van der Waals surface area contributed by atoms with Gasteiger partial charge in [-0.15, -0.1) is 6.43 Å². The van der Waals surface area contributed by atoms with E-state index in [1.165, 1.54) is 60.2 Å².